The maximum Gasteiger partial charge on any atom is 0.340 e. The predicted molar refractivity (Wildman–Crippen MR) is 67.8 cm³/mol. The summed E-state index contributed by atoms with van der Waals surface area (Å²) in [5.74, 6) is 0.0686. The molecule has 1 rings (SSSR count). The van der Waals surface area contributed by atoms with Crippen LogP contribution in [0.15, 0.2) is 18.2 Å². The Hall–Kier alpha value is -1.22. The molecule has 1 aromatic rings. The zero-order valence-corrected chi connectivity index (χ0v) is 11.2. The minimum atomic E-state index is -0.431. The molecule has 0 aromatic heterocycles. The number of rotatable bonds is 4. The van der Waals surface area contributed by atoms with Crippen LogP contribution in [0.1, 0.15) is 38.1 Å². The second-order valence-corrected chi connectivity index (χ2v) is 4.62. The van der Waals surface area contributed by atoms with E-state index in [4.69, 9.17) is 21.1 Å². The fraction of sp³-hybridized carbons (Fsp3) is 0.462. The summed E-state index contributed by atoms with van der Waals surface area (Å²) in [4.78, 5) is 11.8. The molecule has 0 N–H and O–H groups in total. The topological polar surface area (TPSA) is 35.5 Å². The number of carbonyl (C=O) groups is 1. The van der Waals surface area contributed by atoms with E-state index in [-0.39, 0.29) is 12.2 Å². The molecule has 0 atom stereocenters. The SMILES string of the molecule is CC(C)OC(=O)c1cccc(OC(C)C)c1Cl. The number of hydrogen-bond acceptors (Lipinski definition) is 3. The van der Waals surface area contributed by atoms with Crippen molar-refractivity contribution in [3.63, 3.8) is 0 Å². The van der Waals surface area contributed by atoms with E-state index < -0.39 is 5.97 Å². The number of esters is 1. The van der Waals surface area contributed by atoms with Gasteiger partial charge in [0, 0.05) is 0 Å². The van der Waals surface area contributed by atoms with Gasteiger partial charge in [-0.15, -0.1) is 0 Å². The maximum absolute atomic E-state index is 11.8. The van der Waals surface area contributed by atoms with Gasteiger partial charge in [-0.1, -0.05) is 17.7 Å². The molecule has 0 fully saturated rings. The Morgan fingerprint density at radius 1 is 1.18 bits per heavy atom. The van der Waals surface area contributed by atoms with Crippen molar-refractivity contribution >= 4 is 17.6 Å². The summed E-state index contributed by atoms with van der Waals surface area (Å²) >= 11 is 6.11. The van der Waals surface area contributed by atoms with E-state index in [2.05, 4.69) is 0 Å². The maximum atomic E-state index is 11.8. The predicted octanol–water partition coefficient (Wildman–Crippen LogP) is 3.69. The Bertz CT molecular complexity index is 400. The summed E-state index contributed by atoms with van der Waals surface area (Å²) in [6.07, 6.45) is -0.169. The van der Waals surface area contributed by atoms with Crippen LogP contribution >= 0.6 is 11.6 Å². The van der Waals surface area contributed by atoms with Gasteiger partial charge in [0.1, 0.15) is 5.75 Å². The van der Waals surface area contributed by atoms with E-state index in [0.717, 1.165) is 0 Å². The van der Waals surface area contributed by atoms with Crippen molar-refractivity contribution in [3.05, 3.63) is 28.8 Å². The molecule has 0 aliphatic rings. The van der Waals surface area contributed by atoms with Crippen LogP contribution < -0.4 is 4.74 Å². The lowest BCUT2D eigenvalue weighted by Crippen LogP contribution is -2.13. The molecular formula is C13H17ClO3. The first-order chi connectivity index (χ1) is 7.91. The molecule has 1 aromatic carbocycles. The first-order valence-corrected chi connectivity index (χ1v) is 5.95. The number of benzene rings is 1. The van der Waals surface area contributed by atoms with Crippen LogP contribution in [0.5, 0.6) is 5.75 Å². The van der Waals surface area contributed by atoms with E-state index >= 15 is 0 Å². The lowest BCUT2D eigenvalue weighted by atomic mass is 10.2. The van der Waals surface area contributed by atoms with Gasteiger partial charge in [-0.2, -0.15) is 0 Å². The fourth-order valence-corrected chi connectivity index (χ4v) is 1.54. The van der Waals surface area contributed by atoms with Gasteiger partial charge in [-0.3, -0.25) is 0 Å². The highest BCUT2D eigenvalue weighted by atomic mass is 35.5. The van der Waals surface area contributed by atoms with E-state index in [1.165, 1.54) is 0 Å². The van der Waals surface area contributed by atoms with Crippen LogP contribution in [0.2, 0.25) is 5.02 Å². The third kappa shape index (κ3) is 3.93. The molecule has 0 spiro atoms. The molecule has 94 valence electrons. The van der Waals surface area contributed by atoms with E-state index in [1.54, 1.807) is 32.0 Å². The van der Waals surface area contributed by atoms with Gasteiger partial charge in [-0.05, 0) is 39.8 Å². The summed E-state index contributed by atoms with van der Waals surface area (Å²) in [6.45, 7) is 7.38. The Kier molecular flexibility index (Phi) is 4.82. The highest BCUT2D eigenvalue weighted by Gasteiger charge is 2.16. The summed E-state index contributed by atoms with van der Waals surface area (Å²) in [5.41, 5.74) is 0.332. The van der Waals surface area contributed by atoms with Gasteiger partial charge in [-0.25, -0.2) is 4.79 Å². The van der Waals surface area contributed by atoms with Gasteiger partial charge in [0.15, 0.2) is 0 Å². The van der Waals surface area contributed by atoms with Crippen LogP contribution in [-0.2, 0) is 4.74 Å². The number of halogens is 1. The minimum Gasteiger partial charge on any atom is -0.489 e. The Morgan fingerprint density at radius 2 is 1.82 bits per heavy atom. The average molecular weight is 257 g/mol. The van der Waals surface area contributed by atoms with Crippen molar-refractivity contribution in [1.29, 1.82) is 0 Å². The quantitative estimate of drug-likeness (QED) is 0.771. The molecule has 0 unspecified atom stereocenters. The lowest BCUT2D eigenvalue weighted by Gasteiger charge is -2.14. The first-order valence-electron chi connectivity index (χ1n) is 5.58. The summed E-state index contributed by atoms with van der Waals surface area (Å²) in [7, 11) is 0. The smallest absolute Gasteiger partial charge is 0.340 e. The van der Waals surface area contributed by atoms with Gasteiger partial charge < -0.3 is 9.47 Å². The standard InChI is InChI=1S/C13H17ClO3/c1-8(2)16-11-7-5-6-10(12(11)14)13(15)17-9(3)4/h5-9H,1-4H3. The zero-order valence-electron chi connectivity index (χ0n) is 10.5. The summed E-state index contributed by atoms with van der Waals surface area (Å²) in [6, 6.07) is 5.08. The van der Waals surface area contributed by atoms with Crippen LogP contribution in [0, 0.1) is 0 Å². The van der Waals surface area contributed by atoms with Gasteiger partial charge in [0.2, 0.25) is 0 Å². The van der Waals surface area contributed by atoms with Crippen molar-refractivity contribution in [1.82, 2.24) is 0 Å². The first kappa shape index (κ1) is 13.8. The fourth-order valence-electron chi connectivity index (χ4n) is 1.29. The third-order valence-electron chi connectivity index (χ3n) is 1.89. The molecule has 0 bridgehead atoms. The monoisotopic (exact) mass is 256 g/mol. The second kappa shape index (κ2) is 5.92. The third-order valence-corrected chi connectivity index (χ3v) is 2.28. The summed E-state index contributed by atoms with van der Waals surface area (Å²) in [5, 5.41) is 0.298. The minimum absolute atomic E-state index is 0.00358. The molecule has 0 saturated carbocycles. The Labute approximate surface area is 107 Å². The van der Waals surface area contributed by atoms with Crippen molar-refractivity contribution in [3.8, 4) is 5.75 Å². The molecule has 4 heteroatoms. The van der Waals surface area contributed by atoms with Crippen LogP contribution in [0.3, 0.4) is 0 Å². The molecule has 3 nitrogen and oxygen atoms in total. The molecule has 0 aliphatic carbocycles. The molecule has 17 heavy (non-hydrogen) atoms. The number of hydrogen-bond donors (Lipinski definition) is 0. The van der Waals surface area contributed by atoms with E-state index in [0.29, 0.717) is 16.3 Å². The van der Waals surface area contributed by atoms with E-state index in [1.807, 2.05) is 13.8 Å². The van der Waals surface area contributed by atoms with Gasteiger partial charge in [0.25, 0.3) is 0 Å². The lowest BCUT2D eigenvalue weighted by molar-refractivity contribution is 0.0377. The molecule has 0 heterocycles. The van der Waals surface area contributed by atoms with Crippen LogP contribution in [0.25, 0.3) is 0 Å². The second-order valence-electron chi connectivity index (χ2n) is 4.24. The Morgan fingerprint density at radius 3 is 2.35 bits per heavy atom. The van der Waals surface area contributed by atoms with Gasteiger partial charge in [0.05, 0.1) is 22.8 Å². The van der Waals surface area contributed by atoms with E-state index in [9.17, 15) is 4.79 Å². The highest BCUT2D eigenvalue weighted by molar-refractivity contribution is 6.35. The summed E-state index contributed by atoms with van der Waals surface area (Å²) < 4.78 is 10.6. The largest absolute Gasteiger partial charge is 0.489 e. The number of ether oxygens (including phenoxy) is 2. The molecule has 0 amide bonds. The van der Waals surface area contributed by atoms with Crippen LogP contribution in [-0.4, -0.2) is 18.2 Å². The van der Waals surface area contributed by atoms with Crippen molar-refractivity contribution < 1.29 is 14.3 Å². The van der Waals surface area contributed by atoms with Gasteiger partial charge >= 0.3 is 5.97 Å². The van der Waals surface area contributed by atoms with Crippen molar-refractivity contribution in [2.24, 2.45) is 0 Å². The molecule has 0 saturated heterocycles. The Balaban J connectivity index is 2.97. The average Bonchev–Trinajstić information content (AvgIpc) is 2.19. The number of carbonyl (C=O) groups excluding carboxylic acids is 1. The normalized spacial score (nSPS) is 10.8. The van der Waals surface area contributed by atoms with Crippen LogP contribution in [0.4, 0.5) is 0 Å². The molecule has 0 aliphatic heterocycles. The van der Waals surface area contributed by atoms with Crippen molar-refractivity contribution in [2.45, 2.75) is 39.9 Å². The zero-order chi connectivity index (χ0) is 13.0. The van der Waals surface area contributed by atoms with Crippen molar-refractivity contribution in [2.75, 3.05) is 0 Å². The highest BCUT2D eigenvalue weighted by Crippen LogP contribution is 2.29. The molecular weight excluding hydrogens is 240 g/mol. The molecule has 0 radical (unpaired) electrons.